The number of nitrogens with zero attached hydrogens (tertiary/aromatic N) is 2. The van der Waals surface area contributed by atoms with E-state index in [2.05, 4.69) is 10.6 Å². The van der Waals surface area contributed by atoms with Crippen molar-refractivity contribution in [1.29, 1.82) is 0 Å². The lowest BCUT2D eigenvalue weighted by Gasteiger charge is -2.31. The molecule has 0 radical (unpaired) electrons. The molecule has 0 spiro atoms. The number of esters is 2. The lowest BCUT2D eigenvalue weighted by atomic mass is 9.80. The molecule has 1 heterocycles. The molecule has 0 saturated heterocycles. The van der Waals surface area contributed by atoms with Gasteiger partial charge in [-0.15, -0.1) is 0 Å². The van der Waals surface area contributed by atoms with E-state index >= 15 is 0 Å². The Balaban J connectivity index is 1.61. The third-order valence-corrected chi connectivity index (χ3v) is 7.58. The molecule has 294 valence electrons. The summed E-state index contributed by atoms with van der Waals surface area (Å²) in [5, 5.41) is 27.7. The maximum absolute atomic E-state index is 13.4. The Kier molecular flexibility index (Phi) is 16.2. The molecule has 2 unspecified atom stereocenters. The van der Waals surface area contributed by atoms with Gasteiger partial charge in [-0.1, -0.05) is 30.3 Å². The van der Waals surface area contributed by atoms with Crippen LogP contribution in [0.4, 0.5) is 15.3 Å². The molecule has 0 aromatic heterocycles. The Morgan fingerprint density at radius 2 is 1.74 bits per heavy atom. The van der Waals surface area contributed by atoms with Crippen LogP contribution in [0.1, 0.15) is 46.1 Å². The van der Waals surface area contributed by atoms with Gasteiger partial charge in [-0.3, -0.25) is 10.1 Å². The standard InChI is InChI=1S/C37H48N4O13/c1-7-51-34(44)32-29(39-24(2)30(33(43)49-6)31(32)25-12-11-13-26(20-25)41(47)48)23-50-18-16-38-35(45)52-19-17-40(36(46)54-37(3,4)5)21-27(42)22-53-28-14-9-8-10-15-28/h8-15,20,27,31,39,42H,7,16-19,21-23H2,1-6H3,(H,38,45). The van der Waals surface area contributed by atoms with Crippen LogP contribution in [0.3, 0.4) is 0 Å². The molecular weight excluding hydrogens is 708 g/mol. The largest absolute Gasteiger partial charge is 0.491 e. The molecule has 17 nitrogen and oxygen atoms in total. The van der Waals surface area contributed by atoms with E-state index in [9.17, 15) is 34.4 Å². The molecule has 54 heavy (non-hydrogen) atoms. The van der Waals surface area contributed by atoms with Gasteiger partial charge >= 0.3 is 24.1 Å². The highest BCUT2D eigenvalue weighted by Crippen LogP contribution is 2.40. The molecule has 1 aliphatic rings. The fourth-order valence-corrected chi connectivity index (χ4v) is 5.29. The number of nitrogens with one attached hydrogen (secondary N) is 2. The van der Waals surface area contributed by atoms with Crippen LogP contribution in [0.25, 0.3) is 0 Å². The van der Waals surface area contributed by atoms with Crippen LogP contribution in [0.15, 0.2) is 77.1 Å². The Labute approximate surface area is 313 Å². The monoisotopic (exact) mass is 756 g/mol. The number of allylic oxidation sites excluding steroid dienone is 1. The van der Waals surface area contributed by atoms with Gasteiger partial charge in [0.05, 0.1) is 67.7 Å². The van der Waals surface area contributed by atoms with Gasteiger partial charge in [0.2, 0.25) is 0 Å². The van der Waals surface area contributed by atoms with Gasteiger partial charge in [-0.25, -0.2) is 19.2 Å². The van der Waals surface area contributed by atoms with E-state index < -0.39 is 46.7 Å². The number of carbonyl (C=O) groups is 4. The van der Waals surface area contributed by atoms with Crippen LogP contribution >= 0.6 is 0 Å². The highest BCUT2D eigenvalue weighted by Gasteiger charge is 2.39. The highest BCUT2D eigenvalue weighted by molar-refractivity contribution is 6.00. The summed E-state index contributed by atoms with van der Waals surface area (Å²) in [5.74, 6) is -2.04. The van der Waals surface area contributed by atoms with Crippen molar-refractivity contribution >= 4 is 29.8 Å². The molecule has 2 aromatic carbocycles. The number of nitro groups is 1. The minimum absolute atomic E-state index is 0.00186. The van der Waals surface area contributed by atoms with Crippen molar-refractivity contribution in [3.05, 3.63) is 92.8 Å². The number of dihydropyridines is 1. The predicted molar refractivity (Wildman–Crippen MR) is 193 cm³/mol. The first kappa shape index (κ1) is 42.7. The normalized spacial score (nSPS) is 14.7. The molecular formula is C37H48N4O13. The summed E-state index contributed by atoms with van der Waals surface area (Å²) in [6.07, 6.45) is -2.57. The first-order valence-electron chi connectivity index (χ1n) is 17.2. The smallest absolute Gasteiger partial charge is 0.410 e. The van der Waals surface area contributed by atoms with Crippen LogP contribution in [0.2, 0.25) is 0 Å². The quantitative estimate of drug-likeness (QED) is 0.0646. The van der Waals surface area contributed by atoms with Gasteiger partial charge in [-0.2, -0.15) is 0 Å². The summed E-state index contributed by atoms with van der Waals surface area (Å²) >= 11 is 0. The number of ether oxygens (including phenoxy) is 6. The number of alkyl carbamates (subject to hydrolysis) is 1. The van der Waals surface area contributed by atoms with Gasteiger partial charge in [0.25, 0.3) is 5.69 Å². The molecule has 2 aromatic rings. The number of hydrogen-bond acceptors (Lipinski definition) is 14. The summed E-state index contributed by atoms with van der Waals surface area (Å²) in [4.78, 5) is 63.8. The van der Waals surface area contributed by atoms with Gasteiger partial charge in [0.1, 0.15) is 30.7 Å². The molecule has 2 amide bonds. The summed E-state index contributed by atoms with van der Waals surface area (Å²) in [5.41, 5.74) is -0.108. The first-order valence-corrected chi connectivity index (χ1v) is 17.2. The molecule has 0 fully saturated rings. The van der Waals surface area contributed by atoms with E-state index in [-0.39, 0.29) is 80.8 Å². The first-order chi connectivity index (χ1) is 25.6. The summed E-state index contributed by atoms with van der Waals surface area (Å²) in [7, 11) is 1.18. The van der Waals surface area contributed by atoms with Crippen LogP contribution in [0, 0.1) is 10.1 Å². The van der Waals surface area contributed by atoms with Gasteiger partial charge < -0.3 is 49.1 Å². The summed E-state index contributed by atoms with van der Waals surface area (Å²) in [6, 6.07) is 14.4. The molecule has 3 N–H and O–H groups in total. The fraction of sp³-hybridized carbons (Fsp3) is 0.459. The highest BCUT2D eigenvalue weighted by atomic mass is 16.6. The Morgan fingerprint density at radius 3 is 2.39 bits per heavy atom. The van der Waals surface area contributed by atoms with Gasteiger partial charge in [0, 0.05) is 24.4 Å². The zero-order valence-corrected chi connectivity index (χ0v) is 31.2. The molecule has 3 rings (SSSR count). The van der Waals surface area contributed by atoms with E-state index in [1.165, 1.54) is 30.2 Å². The van der Waals surface area contributed by atoms with E-state index in [1.54, 1.807) is 65.0 Å². The Hall–Kier alpha value is -5.68. The SMILES string of the molecule is CCOC(=O)C1=C(COCCNC(=O)OCCN(CC(O)COc2ccccc2)C(=O)OC(C)(C)C)NC(C)=C(C(=O)OC)C1c1cccc([N+](=O)[O-])c1. The van der Waals surface area contributed by atoms with Crippen LogP contribution < -0.4 is 15.4 Å². The number of rotatable bonds is 18. The Bertz CT molecular complexity index is 1690. The topological polar surface area (TPSA) is 214 Å². The van der Waals surface area contributed by atoms with Crippen molar-refractivity contribution in [2.45, 2.75) is 52.2 Å². The second-order valence-corrected chi connectivity index (χ2v) is 12.9. The molecule has 17 heteroatoms. The average Bonchev–Trinajstić information content (AvgIpc) is 3.12. The number of carbonyl (C=O) groups excluding carboxylic acids is 4. The zero-order chi connectivity index (χ0) is 39.8. The van der Waals surface area contributed by atoms with Crippen molar-refractivity contribution in [3.8, 4) is 5.75 Å². The molecule has 2 atom stereocenters. The maximum Gasteiger partial charge on any atom is 0.410 e. The van der Waals surface area contributed by atoms with Crippen molar-refractivity contribution in [3.63, 3.8) is 0 Å². The number of para-hydroxylation sites is 1. The summed E-state index contributed by atoms with van der Waals surface area (Å²) < 4.78 is 32.3. The number of hydrogen-bond donors (Lipinski definition) is 3. The van der Waals surface area contributed by atoms with Crippen molar-refractivity contribution in [1.82, 2.24) is 15.5 Å². The van der Waals surface area contributed by atoms with E-state index in [0.717, 1.165) is 0 Å². The summed E-state index contributed by atoms with van der Waals surface area (Å²) in [6.45, 7) is 7.56. The van der Waals surface area contributed by atoms with Crippen LogP contribution in [0.5, 0.6) is 5.75 Å². The number of non-ortho nitro benzene ring substituents is 1. The molecule has 0 aliphatic carbocycles. The Morgan fingerprint density at radius 1 is 1.02 bits per heavy atom. The zero-order valence-electron chi connectivity index (χ0n) is 31.2. The lowest BCUT2D eigenvalue weighted by molar-refractivity contribution is -0.384. The van der Waals surface area contributed by atoms with E-state index in [4.69, 9.17) is 28.4 Å². The number of methoxy groups -OCH3 is 1. The van der Waals surface area contributed by atoms with Crippen molar-refractivity contribution in [2.75, 3.05) is 59.8 Å². The minimum Gasteiger partial charge on any atom is -0.491 e. The number of amides is 2. The predicted octanol–water partition coefficient (Wildman–Crippen LogP) is 3.97. The molecule has 0 bridgehead atoms. The second kappa shape index (κ2) is 20.5. The number of aliphatic hydroxyl groups is 1. The third kappa shape index (κ3) is 13.1. The van der Waals surface area contributed by atoms with Gasteiger partial charge in [0.15, 0.2) is 0 Å². The fourth-order valence-electron chi connectivity index (χ4n) is 5.29. The average molecular weight is 757 g/mol. The molecule has 1 aliphatic heterocycles. The third-order valence-electron chi connectivity index (χ3n) is 7.58. The van der Waals surface area contributed by atoms with Crippen LogP contribution in [-0.2, 0) is 33.3 Å². The maximum atomic E-state index is 13.4. The van der Waals surface area contributed by atoms with Crippen molar-refractivity contribution < 1.29 is 57.6 Å². The van der Waals surface area contributed by atoms with E-state index in [0.29, 0.717) is 11.4 Å². The van der Waals surface area contributed by atoms with Crippen LogP contribution in [-0.4, -0.2) is 111 Å². The lowest BCUT2D eigenvalue weighted by Crippen LogP contribution is -2.44. The second-order valence-electron chi connectivity index (χ2n) is 12.9. The van der Waals surface area contributed by atoms with E-state index in [1.807, 2.05) is 6.07 Å². The minimum atomic E-state index is -1.08. The number of aliphatic hydroxyl groups excluding tert-OH is 1. The number of benzene rings is 2. The number of nitro benzene ring substituents is 1. The van der Waals surface area contributed by atoms with Crippen molar-refractivity contribution in [2.24, 2.45) is 0 Å². The van der Waals surface area contributed by atoms with Gasteiger partial charge in [-0.05, 0) is 52.3 Å². The molecule has 0 saturated carbocycles.